The van der Waals surface area contributed by atoms with Gasteiger partial charge in [-0.3, -0.25) is 9.69 Å². The maximum Gasteiger partial charge on any atom is 0.266 e. The zero-order valence-corrected chi connectivity index (χ0v) is 13.0. The Kier molecular flexibility index (Phi) is 5.33. The van der Waals surface area contributed by atoms with Crippen molar-refractivity contribution in [3.8, 4) is 0 Å². The molecule has 1 aliphatic heterocycles. The van der Waals surface area contributed by atoms with E-state index in [0.29, 0.717) is 28.6 Å². The van der Waals surface area contributed by atoms with Crippen LogP contribution >= 0.6 is 35.3 Å². The number of carboxylic acid groups (broad SMARTS) is 1. The lowest BCUT2D eigenvalue weighted by atomic mass is 10.2. The molecule has 2 heterocycles. The molecule has 0 saturated carbocycles. The number of amides is 1. The fraction of sp³-hybridized carbons (Fsp3) is 0.308. The summed E-state index contributed by atoms with van der Waals surface area (Å²) < 4.78 is 0.532. The zero-order chi connectivity index (χ0) is 14.5. The van der Waals surface area contributed by atoms with Gasteiger partial charge in [0.05, 0.1) is 4.91 Å². The Morgan fingerprint density at radius 1 is 1.45 bits per heavy atom. The number of hydrogen-bond acceptors (Lipinski definition) is 6. The van der Waals surface area contributed by atoms with Crippen molar-refractivity contribution in [2.24, 2.45) is 0 Å². The van der Waals surface area contributed by atoms with E-state index in [1.54, 1.807) is 11.3 Å². The van der Waals surface area contributed by atoms with Crippen LogP contribution in [0.2, 0.25) is 0 Å². The third-order valence-electron chi connectivity index (χ3n) is 2.73. The van der Waals surface area contributed by atoms with E-state index in [0.717, 1.165) is 5.56 Å². The Morgan fingerprint density at radius 3 is 2.90 bits per heavy atom. The van der Waals surface area contributed by atoms with E-state index in [1.165, 1.54) is 16.7 Å². The molecular weight excluding hydrogens is 314 g/mol. The van der Waals surface area contributed by atoms with Gasteiger partial charge >= 0.3 is 0 Å². The van der Waals surface area contributed by atoms with Crippen molar-refractivity contribution < 1.29 is 14.7 Å². The standard InChI is InChI=1S/C13H13NO3S3/c15-11(16)3-1-2-5-14-12(17)10(20-13(14)18)7-9-4-6-19-8-9/h4,6-8H,1-3,5H2,(H,15,16)/p-1/b10-7+. The Hall–Kier alpha value is -1.18. The van der Waals surface area contributed by atoms with Gasteiger partial charge in [-0.2, -0.15) is 11.3 Å². The molecule has 0 spiro atoms. The van der Waals surface area contributed by atoms with Crippen molar-refractivity contribution in [1.82, 2.24) is 4.90 Å². The number of thioether (sulfide) groups is 1. The fourth-order valence-corrected chi connectivity index (χ4v) is 3.67. The van der Waals surface area contributed by atoms with Crippen molar-refractivity contribution >= 4 is 57.6 Å². The maximum absolute atomic E-state index is 12.2. The first kappa shape index (κ1) is 15.2. The van der Waals surface area contributed by atoms with Crippen molar-refractivity contribution in [2.45, 2.75) is 19.3 Å². The highest BCUT2D eigenvalue weighted by Crippen LogP contribution is 2.32. The van der Waals surface area contributed by atoms with Crippen LogP contribution in [-0.4, -0.2) is 27.6 Å². The molecule has 0 aromatic carbocycles. The number of unbranched alkanes of at least 4 members (excludes halogenated alkanes) is 1. The Bertz CT molecular complexity index is 551. The summed E-state index contributed by atoms with van der Waals surface area (Å²) >= 11 is 8.05. The molecule has 0 bridgehead atoms. The van der Waals surface area contributed by atoms with Crippen LogP contribution in [0.4, 0.5) is 0 Å². The summed E-state index contributed by atoms with van der Waals surface area (Å²) in [7, 11) is 0. The van der Waals surface area contributed by atoms with Crippen molar-refractivity contribution in [3.63, 3.8) is 0 Å². The zero-order valence-electron chi connectivity index (χ0n) is 10.5. The third-order valence-corrected chi connectivity index (χ3v) is 4.81. The summed E-state index contributed by atoms with van der Waals surface area (Å²) in [6.45, 7) is 0.457. The number of rotatable bonds is 6. The molecular formula is C13H12NO3S3-. The van der Waals surface area contributed by atoms with Gasteiger partial charge in [0.1, 0.15) is 4.32 Å². The normalized spacial score (nSPS) is 17.2. The van der Waals surface area contributed by atoms with Crippen LogP contribution < -0.4 is 5.11 Å². The number of carboxylic acids is 1. The average Bonchev–Trinajstić information content (AvgIpc) is 2.97. The van der Waals surface area contributed by atoms with E-state index in [1.807, 2.05) is 22.9 Å². The predicted octanol–water partition coefficient (Wildman–Crippen LogP) is 1.87. The minimum atomic E-state index is -1.06. The van der Waals surface area contributed by atoms with E-state index in [4.69, 9.17) is 12.2 Å². The molecule has 0 N–H and O–H groups in total. The van der Waals surface area contributed by atoms with Gasteiger partial charge in [0, 0.05) is 12.5 Å². The summed E-state index contributed by atoms with van der Waals surface area (Å²) in [4.78, 5) is 24.7. The monoisotopic (exact) mass is 326 g/mol. The first-order valence-corrected chi connectivity index (χ1v) is 8.22. The minimum absolute atomic E-state index is 0.0134. The highest BCUT2D eigenvalue weighted by molar-refractivity contribution is 8.26. The molecule has 0 atom stereocenters. The molecule has 1 amide bonds. The second-order valence-electron chi connectivity index (χ2n) is 4.22. The van der Waals surface area contributed by atoms with E-state index >= 15 is 0 Å². The quantitative estimate of drug-likeness (QED) is 0.454. The topological polar surface area (TPSA) is 60.4 Å². The smallest absolute Gasteiger partial charge is 0.266 e. The van der Waals surface area contributed by atoms with Gasteiger partial charge in [-0.05, 0) is 47.7 Å². The first-order valence-electron chi connectivity index (χ1n) is 6.05. The summed E-state index contributed by atoms with van der Waals surface area (Å²) in [5, 5.41) is 14.2. The molecule has 1 fully saturated rings. The van der Waals surface area contributed by atoms with Gasteiger partial charge in [0.25, 0.3) is 5.91 Å². The molecule has 0 radical (unpaired) electrons. The predicted molar refractivity (Wildman–Crippen MR) is 83.1 cm³/mol. The van der Waals surface area contributed by atoms with E-state index in [-0.39, 0.29) is 12.3 Å². The Labute approximate surface area is 130 Å². The number of carbonyl (C=O) groups is 2. The van der Waals surface area contributed by atoms with Gasteiger partial charge in [-0.25, -0.2) is 0 Å². The fourth-order valence-electron chi connectivity index (χ4n) is 1.74. The van der Waals surface area contributed by atoms with Crippen LogP contribution in [0.15, 0.2) is 21.7 Å². The number of hydrogen-bond donors (Lipinski definition) is 0. The number of nitrogens with zero attached hydrogens (tertiary/aromatic N) is 1. The molecule has 1 saturated heterocycles. The molecule has 1 aliphatic rings. The number of thiocarbonyl (C=S) groups is 1. The van der Waals surface area contributed by atoms with Crippen LogP contribution in [0.25, 0.3) is 6.08 Å². The first-order chi connectivity index (χ1) is 9.58. The SMILES string of the molecule is O=C([O-])CCCCN1C(=O)/C(=C\c2ccsc2)SC1=S. The summed E-state index contributed by atoms with van der Waals surface area (Å²) in [5.41, 5.74) is 0.993. The summed E-state index contributed by atoms with van der Waals surface area (Å²) in [6.07, 6.45) is 2.94. The van der Waals surface area contributed by atoms with Crippen molar-refractivity contribution in [1.29, 1.82) is 0 Å². The van der Waals surface area contributed by atoms with E-state index < -0.39 is 5.97 Å². The lowest BCUT2D eigenvalue weighted by Gasteiger charge is -2.14. The number of carbonyl (C=O) groups excluding carboxylic acids is 2. The highest BCUT2D eigenvalue weighted by atomic mass is 32.2. The Balaban J connectivity index is 1.93. The molecule has 20 heavy (non-hydrogen) atoms. The number of aliphatic carboxylic acids is 1. The van der Waals surface area contributed by atoms with Gasteiger partial charge in [-0.15, -0.1) is 0 Å². The van der Waals surface area contributed by atoms with Crippen LogP contribution in [-0.2, 0) is 9.59 Å². The third kappa shape index (κ3) is 3.91. The van der Waals surface area contributed by atoms with E-state index in [9.17, 15) is 14.7 Å². The molecule has 7 heteroatoms. The minimum Gasteiger partial charge on any atom is -0.550 e. The molecule has 0 unspecified atom stereocenters. The lowest BCUT2D eigenvalue weighted by Crippen LogP contribution is -2.29. The molecule has 0 aliphatic carbocycles. The lowest BCUT2D eigenvalue weighted by molar-refractivity contribution is -0.305. The summed E-state index contributed by atoms with van der Waals surface area (Å²) in [5.74, 6) is -1.16. The number of thiophene rings is 1. The van der Waals surface area contributed by atoms with Crippen molar-refractivity contribution in [3.05, 3.63) is 27.3 Å². The van der Waals surface area contributed by atoms with Crippen molar-refractivity contribution in [2.75, 3.05) is 6.54 Å². The van der Waals surface area contributed by atoms with Crippen LogP contribution in [0.3, 0.4) is 0 Å². The molecule has 4 nitrogen and oxygen atoms in total. The molecule has 1 aromatic rings. The van der Waals surface area contributed by atoms with Gasteiger partial charge in [-0.1, -0.05) is 24.0 Å². The maximum atomic E-state index is 12.2. The Morgan fingerprint density at radius 2 is 2.25 bits per heavy atom. The van der Waals surface area contributed by atoms with Crippen LogP contribution in [0, 0.1) is 0 Å². The van der Waals surface area contributed by atoms with Gasteiger partial charge in [0.15, 0.2) is 0 Å². The molecule has 106 valence electrons. The second kappa shape index (κ2) is 7.01. The molecule has 2 rings (SSSR count). The van der Waals surface area contributed by atoms with E-state index in [2.05, 4.69) is 0 Å². The van der Waals surface area contributed by atoms with Crippen LogP contribution in [0.1, 0.15) is 24.8 Å². The van der Waals surface area contributed by atoms with Gasteiger partial charge < -0.3 is 9.90 Å². The summed E-state index contributed by atoms with van der Waals surface area (Å²) in [6, 6.07) is 1.94. The highest BCUT2D eigenvalue weighted by Gasteiger charge is 2.31. The van der Waals surface area contributed by atoms with Gasteiger partial charge in [0.2, 0.25) is 0 Å². The average molecular weight is 326 g/mol. The second-order valence-corrected chi connectivity index (χ2v) is 6.67. The van der Waals surface area contributed by atoms with Crippen LogP contribution in [0.5, 0.6) is 0 Å². The molecule has 1 aromatic heterocycles. The largest absolute Gasteiger partial charge is 0.550 e.